The van der Waals surface area contributed by atoms with Gasteiger partial charge in [-0.25, -0.2) is 14.4 Å². The molecule has 6 heteroatoms. The number of hydrogen-bond donors (Lipinski definition) is 0. The van der Waals surface area contributed by atoms with Crippen molar-refractivity contribution in [1.29, 1.82) is 0 Å². The van der Waals surface area contributed by atoms with Gasteiger partial charge in [0.05, 0.1) is 17.4 Å². The summed E-state index contributed by atoms with van der Waals surface area (Å²) < 4.78 is 13.3. The Hall–Kier alpha value is -3.51. The summed E-state index contributed by atoms with van der Waals surface area (Å²) in [4.78, 5) is 33.6. The number of nitrogens with zero attached hydrogens (tertiary/aromatic N) is 2. The third-order valence-electron chi connectivity index (χ3n) is 5.35. The van der Waals surface area contributed by atoms with Gasteiger partial charge in [-0.05, 0) is 42.0 Å². The van der Waals surface area contributed by atoms with Crippen LogP contribution < -0.4 is 9.96 Å². The average molecular weight is 388 g/mol. The Balaban J connectivity index is 1.58. The molecule has 0 aliphatic carbocycles. The lowest BCUT2D eigenvalue weighted by Crippen LogP contribution is -2.37. The summed E-state index contributed by atoms with van der Waals surface area (Å²) >= 11 is 0. The van der Waals surface area contributed by atoms with Gasteiger partial charge in [-0.3, -0.25) is 14.4 Å². The molecule has 144 valence electrons. The van der Waals surface area contributed by atoms with Crippen molar-refractivity contribution < 1.29 is 18.8 Å². The van der Waals surface area contributed by atoms with Crippen LogP contribution in [0.2, 0.25) is 0 Å². The molecular weight excluding hydrogens is 371 g/mol. The summed E-state index contributed by atoms with van der Waals surface area (Å²) in [6.07, 6.45) is -0.932. The maximum absolute atomic E-state index is 13.3. The van der Waals surface area contributed by atoms with Gasteiger partial charge in [-0.15, -0.1) is 0 Å². The summed E-state index contributed by atoms with van der Waals surface area (Å²) in [6, 6.07) is 23.8. The van der Waals surface area contributed by atoms with E-state index in [4.69, 9.17) is 4.84 Å². The van der Waals surface area contributed by atoms with E-state index in [0.717, 1.165) is 16.2 Å². The van der Waals surface area contributed by atoms with E-state index in [9.17, 15) is 14.0 Å². The zero-order chi connectivity index (χ0) is 20.0. The lowest BCUT2D eigenvalue weighted by atomic mass is 9.90. The molecule has 2 aliphatic rings. The van der Waals surface area contributed by atoms with Gasteiger partial charge in [0.25, 0.3) is 5.91 Å². The van der Waals surface area contributed by atoms with Crippen molar-refractivity contribution in [3.05, 3.63) is 96.3 Å². The zero-order valence-electron chi connectivity index (χ0n) is 15.3. The molecule has 0 aromatic heterocycles. The maximum atomic E-state index is 13.3. The largest absolute Gasteiger partial charge is 0.273 e. The molecule has 29 heavy (non-hydrogen) atoms. The summed E-state index contributed by atoms with van der Waals surface area (Å²) in [5.74, 6) is -1.92. The molecule has 0 unspecified atom stereocenters. The summed E-state index contributed by atoms with van der Waals surface area (Å²) in [7, 11) is 0. The van der Waals surface area contributed by atoms with Crippen LogP contribution in [0.3, 0.4) is 0 Å². The van der Waals surface area contributed by atoms with E-state index in [1.165, 1.54) is 24.3 Å². The van der Waals surface area contributed by atoms with Crippen LogP contribution in [-0.4, -0.2) is 17.9 Å². The van der Waals surface area contributed by atoms with Gasteiger partial charge in [0, 0.05) is 0 Å². The highest BCUT2D eigenvalue weighted by Gasteiger charge is 2.60. The summed E-state index contributed by atoms with van der Waals surface area (Å²) in [6.45, 7) is 0. The van der Waals surface area contributed by atoms with E-state index in [0.29, 0.717) is 5.69 Å². The Morgan fingerprint density at radius 1 is 0.724 bits per heavy atom. The van der Waals surface area contributed by atoms with Gasteiger partial charge in [0.2, 0.25) is 5.91 Å². The minimum absolute atomic E-state index is 0.345. The molecule has 2 amide bonds. The molecule has 3 aromatic rings. The van der Waals surface area contributed by atoms with E-state index in [1.807, 2.05) is 60.7 Å². The first-order valence-electron chi connectivity index (χ1n) is 9.34. The third-order valence-corrected chi connectivity index (χ3v) is 5.35. The number of benzene rings is 3. The molecule has 2 aliphatic heterocycles. The van der Waals surface area contributed by atoms with E-state index in [1.54, 1.807) is 5.06 Å². The van der Waals surface area contributed by atoms with Crippen LogP contribution >= 0.6 is 0 Å². The van der Waals surface area contributed by atoms with Gasteiger partial charge >= 0.3 is 0 Å². The Morgan fingerprint density at radius 3 is 2.00 bits per heavy atom. The van der Waals surface area contributed by atoms with Crippen molar-refractivity contribution >= 4 is 23.2 Å². The number of imide groups is 1. The number of amides is 2. The third kappa shape index (κ3) is 2.80. The Kier molecular flexibility index (Phi) is 4.14. The van der Waals surface area contributed by atoms with E-state index >= 15 is 0 Å². The molecule has 3 atom stereocenters. The predicted octanol–water partition coefficient (Wildman–Crippen LogP) is 3.88. The second-order valence-electron chi connectivity index (χ2n) is 7.06. The first-order chi connectivity index (χ1) is 14.1. The molecule has 2 fully saturated rings. The lowest BCUT2D eigenvalue weighted by Gasteiger charge is -2.28. The second kappa shape index (κ2) is 6.83. The van der Waals surface area contributed by atoms with Crippen LogP contribution in [0.15, 0.2) is 84.9 Å². The van der Waals surface area contributed by atoms with E-state index < -0.39 is 29.8 Å². The number of para-hydroxylation sites is 1. The normalized spacial score (nSPS) is 23.6. The fourth-order valence-corrected chi connectivity index (χ4v) is 4.05. The standard InChI is InChI=1S/C23H17FN2O3/c24-16-11-13-17(14-12-16)25-22(27)19-20(15-7-3-1-4-8-15)26(29-21(19)23(25)28)18-9-5-2-6-10-18/h1-14,19-21H/t19-,20+,21-/m0/s1. The highest BCUT2D eigenvalue weighted by molar-refractivity contribution is 6.23. The zero-order valence-corrected chi connectivity index (χ0v) is 15.3. The van der Waals surface area contributed by atoms with Crippen LogP contribution in [0.5, 0.6) is 0 Å². The van der Waals surface area contributed by atoms with Crippen LogP contribution in [-0.2, 0) is 14.4 Å². The molecule has 5 nitrogen and oxygen atoms in total. The van der Waals surface area contributed by atoms with Crippen LogP contribution in [0.4, 0.5) is 15.8 Å². The average Bonchev–Trinajstić information content (AvgIpc) is 3.27. The molecule has 2 heterocycles. The molecule has 0 radical (unpaired) electrons. The lowest BCUT2D eigenvalue weighted by molar-refractivity contribution is -0.126. The van der Waals surface area contributed by atoms with Crippen molar-refractivity contribution in [1.82, 2.24) is 0 Å². The topological polar surface area (TPSA) is 49.9 Å². The number of hydroxylamine groups is 1. The predicted molar refractivity (Wildman–Crippen MR) is 105 cm³/mol. The maximum Gasteiger partial charge on any atom is 0.266 e. The smallest absolute Gasteiger partial charge is 0.266 e. The number of rotatable bonds is 3. The van der Waals surface area contributed by atoms with Gasteiger partial charge in [0.15, 0.2) is 6.10 Å². The van der Waals surface area contributed by atoms with E-state index in [-0.39, 0.29) is 5.91 Å². The fraction of sp³-hybridized carbons (Fsp3) is 0.130. The van der Waals surface area contributed by atoms with E-state index in [2.05, 4.69) is 0 Å². The van der Waals surface area contributed by atoms with Crippen molar-refractivity contribution in [3.8, 4) is 0 Å². The number of carbonyl (C=O) groups is 2. The highest BCUT2D eigenvalue weighted by Crippen LogP contribution is 2.47. The number of halogens is 1. The van der Waals surface area contributed by atoms with Gasteiger partial charge in [-0.1, -0.05) is 48.5 Å². The Morgan fingerprint density at radius 2 is 1.34 bits per heavy atom. The monoisotopic (exact) mass is 388 g/mol. The first kappa shape index (κ1) is 17.6. The minimum atomic E-state index is -0.932. The molecular formula is C23H17FN2O3. The number of carbonyl (C=O) groups excluding carboxylic acids is 2. The highest BCUT2D eigenvalue weighted by atomic mass is 19.1. The molecule has 0 N–H and O–H groups in total. The molecule has 0 spiro atoms. The molecule has 0 saturated carbocycles. The molecule has 2 saturated heterocycles. The molecule has 0 bridgehead atoms. The second-order valence-corrected chi connectivity index (χ2v) is 7.06. The molecule has 3 aromatic carbocycles. The number of fused-ring (bicyclic) bond motifs is 1. The van der Waals surface area contributed by atoms with Crippen LogP contribution in [0, 0.1) is 11.7 Å². The first-order valence-corrected chi connectivity index (χ1v) is 9.34. The van der Waals surface area contributed by atoms with Crippen molar-refractivity contribution in [2.75, 3.05) is 9.96 Å². The number of anilines is 2. The SMILES string of the molecule is O=C1[C@@H]2[C@H](ON(c3ccccc3)[C@@H]2c2ccccc2)C(=O)N1c1ccc(F)cc1. The van der Waals surface area contributed by atoms with Crippen molar-refractivity contribution in [2.24, 2.45) is 5.92 Å². The van der Waals surface area contributed by atoms with Crippen molar-refractivity contribution in [3.63, 3.8) is 0 Å². The van der Waals surface area contributed by atoms with Gasteiger partial charge in [-0.2, -0.15) is 0 Å². The number of hydrogen-bond acceptors (Lipinski definition) is 4. The quantitative estimate of drug-likeness (QED) is 0.639. The van der Waals surface area contributed by atoms with Crippen LogP contribution in [0.1, 0.15) is 11.6 Å². The minimum Gasteiger partial charge on any atom is -0.273 e. The fourth-order valence-electron chi connectivity index (χ4n) is 4.05. The Bertz CT molecular complexity index is 1060. The van der Waals surface area contributed by atoms with Crippen LogP contribution in [0.25, 0.3) is 0 Å². The Labute approximate surface area is 166 Å². The van der Waals surface area contributed by atoms with Gasteiger partial charge in [0.1, 0.15) is 11.7 Å². The summed E-state index contributed by atoms with van der Waals surface area (Å²) in [5.41, 5.74) is 1.99. The van der Waals surface area contributed by atoms with Gasteiger partial charge < -0.3 is 0 Å². The summed E-state index contributed by atoms with van der Waals surface area (Å²) in [5, 5.41) is 1.66. The molecule has 5 rings (SSSR count). The van der Waals surface area contributed by atoms with Crippen molar-refractivity contribution in [2.45, 2.75) is 12.1 Å².